The zero-order chi connectivity index (χ0) is 15.0. The van der Waals surface area contributed by atoms with Crippen LogP contribution in [0, 0.1) is 5.92 Å². The molecule has 1 aliphatic heterocycles. The lowest BCUT2D eigenvalue weighted by molar-refractivity contribution is 0.171. The first-order valence-corrected chi connectivity index (χ1v) is 7.27. The summed E-state index contributed by atoms with van der Waals surface area (Å²) in [6, 6.07) is 5.95. The van der Waals surface area contributed by atoms with E-state index in [4.69, 9.17) is 15.2 Å². The molecule has 1 aromatic carbocycles. The highest BCUT2D eigenvalue weighted by atomic mass is 16.6. The predicted molar refractivity (Wildman–Crippen MR) is 82.6 cm³/mol. The molecule has 5 nitrogen and oxygen atoms in total. The number of anilines is 1. The molecular weight excluding hydrogens is 266 g/mol. The number of hydrogen-bond donors (Lipinski definition) is 1. The van der Waals surface area contributed by atoms with Crippen molar-refractivity contribution in [2.75, 3.05) is 18.9 Å². The maximum absolute atomic E-state index is 6.22. The van der Waals surface area contributed by atoms with Crippen molar-refractivity contribution in [2.45, 2.75) is 20.3 Å². The first-order chi connectivity index (χ1) is 10.1. The van der Waals surface area contributed by atoms with Gasteiger partial charge in [-0.25, -0.2) is 0 Å². The Kier molecular flexibility index (Phi) is 3.49. The van der Waals surface area contributed by atoms with Crippen molar-refractivity contribution in [3.05, 3.63) is 23.9 Å². The lowest BCUT2D eigenvalue weighted by Gasteiger charge is -2.19. The van der Waals surface area contributed by atoms with Gasteiger partial charge in [0, 0.05) is 12.6 Å². The van der Waals surface area contributed by atoms with Crippen LogP contribution in [0.4, 0.5) is 5.82 Å². The summed E-state index contributed by atoms with van der Waals surface area (Å²) in [7, 11) is 1.88. The number of benzene rings is 1. The number of rotatable bonds is 3. The maximum Gasteiger partial charge on any atom is 0.161 e. The lowest BCUT2D eigenvalue weighted by atomic mass is 9.99. The highest BCUT2D eigenvalue weighted by molar-refractivity contribution is 5.78. The highest BCUT2D eigenvalue weighted by Crippen LogP contribution is 2.38. The van der Waals surface area contributed by atoms with E-state index < -0.39 is 0 Å². The average molecular weight is 287 g/mol. The molecule has 112 valence electrons. The van der Waals surface area contributed by atoms with Gasteiger partial charge < -0.3 is 15.2 Å². The average Bonchev–Trinajstić information content (AvgIpc) is 2.72. The third-order valence-corrected chi connectivity index (χ3v) is 3.60. The van der Waals surface area contributed by atoms with Crippen molar-refractivity contribution in [3.63, 3.8) is 0 Å². The van der Waals surface area contributed by atoms with E-state index in [0.717, 1.165) is 34.7 Å². The third kappa shape index (κ3) is 2.55. The summed E-state index contributed by atoms with van der Waals surface area (Å²) in [5.74, 6) is 2.77. The van der Waals surface area contributed by atoms with Crippen molar-refractivity contribution >= 4 is 5.82 Å². The number of nitrogens with two attached hydrogens (primary N) is 1. The van der Waals surface area contributed by atoms with Crippen molar-refractivity contribution in [2.24, 2.45) is 13.0 Å². The fourth-order valence-electron chi connectivity index (χ4n) is 2.64. The Labute approximate surface area is 124 Å². The number of aryl methyl sites for hydroxylation is 1. The second-order valence-electron chi connectivity index (χ2n) is 5.79. The minimum atomic E-state index is 0.523. The van der Waals surface area contributed by atoms with Gasteiger partial charge >= 0.3 is 0 Å². The van der Waals surface area contributed by atoms with E-state index in [0.29, 0.717) is 24.9 Å². The molecule has 5 heteroatoms. The zero-order valence-electron chi connectivity index (χ0n) is 12.7. The van der Waals surface area contributed by atoms with Gasteiger partial charge in [0.05, 0.1) is 5.69 Å². The minimum absolute atomic E-state index is 0.523. The van der Waals surface area contributed by atoms with Crippen molar-refractivity contribution in [1.82, 2.24) is 9.78 Å². The summed E-state index contributed by atoms with van der Waals surface area (Å²) in [6.45, 7) is 5.54. The van der Waals surface area contributed by atoms with Gasteiger partial charge in [-0.2, -0.15) is 5.10 Å². The highest BCUT2D eigenvalue weighted by Gasteiger charge is 2.19. The Hall–Kier alpha value is -2.17. The number of nitrogen functional groups attached to an aromatic ring is 1. The molecule has 0 fully saturated rings. The van der Waals surface area contributed by atoms with Crippen LogP contribution in [0.2, 0.25) is 0 Å². The standard InChI is InChI=1S/C16H21N3O2/c1-10(2)8-12-15(16(17)19(3)18-12)11-4-5-13-14(9-11)21-7-6-20-13/h4-5,9-10H,6-8,17H2,1-3H3. The number of hydrogen-bond acceptors (Lipinski definition) is 4. The molecule has 2 heterocycles. The molecule has 2 aromatic rings. The first kappa shape index (κ1) is 13.8. The van der Waals surface area contributed by atoms with Crippen LogP contribution in [-0.4, -0.2) is 23.0 Å². The van der Waals surface area contributed by atoms with E-state index in [1.54, 1.807) is 4.68 Å². The molecule has 0 amide bonds. The topological polar surface area (TPSA) is 62.3 Å². The normalized spacial score (nSPS) is 13.7. The first-order valence-electron chi connectivity index (χ1n) is 7.27. The Bertz CT molecular complexity index is 662. The third-order valence-electron chi connectivity index (χ3n) is 3.60. The summed E-state index contributed by atoms with van der Waals surface area (Å²) in [5, 5.41) is 4.56. The van der Waals surface area contributed by atoms with E-state index in [1.165, 1.54) is 0 Å². The van der Waals surface area contributed by atoms with Gasteiger partial charge in [-0.1, -0.05) is 19.9 Å². The molecule has 0 spiro atoms. The maximum atomic E-state index is 6.22. The van der Waals surface area contributed by atoms with E-state index >= 15 is 0 Å². The molecule has 0 saturated heterocycles. The van der Waals surface area contributed by atoms with Crippen LogP contribution in [0.1, 0.15) is 19.5 Å². The van der Waals surface area contributed by atoms with Gasteiger partial charge in [-0.05, 0) is 30.0 Å². The van der Waals surface area contributed by atoms with Crippen LogP contribution in [-0.2, 0) is 13.5 Å². The van der Waals surface area contributed by atoms with Gasteiger partial charge in [0.2, 0.25) is 0 Å². The quantitative estimate of drug-likeness (QED) is 0.942. The SMILES string of the molecule is CC(C)Cc1nn(C)c(N)c1-c1ccc2c(c1)OCCO2. The minimum Gasteiger partial charge on any atom is -0.486 e. The molecule has 0 unspecified atom stereocenters. The van der Waals surface area contributed by atoms with Crippen LogP contribution < -0.4 is 15.2 Å². The summed E-state index contributed by atoms with van der Waals surface area (Å²) in [4.78, 5) is 0. The molecule has 1 aromatic heterocycles. The van der Waals surface area contributed by atoms with Crippen LogP contribution in [0.15, 0.2) is 18.2 Å². The summed E-state index contributed by atoms with van der Waals surface area (Å²) < 4.78 is 13.0. The van der Waals surface area contributed by atoms with E-state index in [-0.39, 0.29) is 0 Å². The van der Waals surface area contributed by atoms with Crippen LogP contribution in [0.25, 0.3) is 11.1 Å². The Morgan fingerprint density at radius 2 is 1.95 bits per heavy atom. The molecular formula is C16H21N3O2. The monoisotopic (exact) mass is 287 g/mol. The van der Waals surface area contributed by atoms with E-state index in [1.807, 2.05) is 25.2 Å². The fraction of sp³-hybridized carbons (Fsp3) is 0.438. The van der Waals surface area contributed by atoms with E-state index in [9.17, 15) is 0 Å². The molecule has 1 aliphatic rings. The Morgan fingerprint density at radius 1 is 1.24 bits per heavy atom. The molecule has 0 atom stereocenters. The number of fused-ring (bicyclic) bond motifs is 1. The summed E-state index contributed by atoms with van der Waals surface area (Å²) >= 11 is 0. The second-order valence-corrected chi connectivity index (χ2v) is 5.79. The number of ether oxygens (including phenoxy) is 2. The van der Waals surface area contributed by atoms with Crippen molar-refractivity contribution < 1.29 is 9.47 Å². The molecule has 0 radical (unpaired) electrons. The van der Waals surface area contributed by atoms with Gasteiger partial charge in [0.15, 0.2) is 11.5 Å². The predicted octanol–water partition coefficient (Wildman–Crippen LogP) is 2.64. The van der Waals surface area contributed by atoms with Gasteiger partial charge in [0.1, 0.15) is 19.0 Å². The molecule has 21 heavy (non-hydrogen) atoms. The van der Waals surface area contributed by atoms with E-state index in [2.05, 4.69) is 18.9 Å². The summed E-state index contributed by atoms with van der Waals surface area (Å²) in [6.07, 6.45) is 0.898. The number of nitrogens with zero attached hydrogens (tertiary/aromatic N) is 2. The molecule has 2 N–H and O–H groups in total. The van der Waals surface area contributed by atoms with Gasteiger partial charge in [-0.3, -0.25) is 4.68 Å². The fourth-order valence-corrected chi connectivity index (χ4v) is 2.64. The smallest absolute Gasteiger partial charge is 0.161 e. The second kappa shape index (κ2) is 5.31. The number of aromatic nitrogens is 2. The zero-order valence-corrected chi connectivity index (χ0v) is 12.7. The van der Waals surface area contributed by atoms with Gasteiger partial charge in [0.25, 0.3) is 0 Å². The van der Waals surface area contributed by atoms with Crippen LogP contribution in [0.5, 0.6) is 11.5 Å². The van der Waals surface area contributed by atoms with Crippen LogP contribution in [0.3, 0.4) is 0 Å². The Balaban J connectivity index is 2.07. The summed E-state index contributed by atoms with van der Waals surface area (Å²) in [5.41, 5.74) is 9.28. The molecule has 0 bridgehead atoms. The molecule has 3 rings (SSSR count). The van der Waals surface area contributed by atoms with Crippen LogP contribution >= 0.6 is 0 Å². The Morgan fingerprint density at radius 3 is 2.67 bits per heavy atom. The lowest BCUT2D eigenvalue weighted by Crippen LogP contribution is -2.15. The van der Waals surface area contributed by atoms with Crippen molar-refractivity contribution in [3.8, 4) is 22.6 Å². The molecule has 0 saturated carbocycles. The van der Waals surface area contributed by atoms with Crippen molar-refractivity contribution in [1.29, 1.82) is 0 Å². The molecule has 0 aliphatic carbocycles. The largest absolute Gasteiger partial charge is 0.486 e. The van der Waals surface area contributed by atoms with Gasteiger partial charge in [-0.15, -0.1) is 0 Å².